The zero-order valence-corrected chi connectivity index (χ0v) is 23.7. The summed E-state index contributed by atoms with van der Waals surface area (Å²) in [6.07, 6.45) is -2.98. The van der Waals surface area contributed by atoms with Crippen molar-refractivity contribution in [1.29, 1.82) is 0 Å². The van der Waals surface area contributed by atoms with Gasteiger partial charge in [0.25, 0.3) is 5.91 Å². The molecule has 0 bridgehead atoms. The second-order valence-electron chi connectivity index (χ2n) is 8.59. The van der Waals surface area contributed by atoms with Crippen LogP contribution in [0.15, 0.2) is 54.2 Å². The summed E-state index contributed by atoms with van der Waals surface area (Å²) in [5, 5.41) is 14.6. The van der Waals surface area contributed by atoms with E-state index in [1.54, 1.807) is 16.7 Å². The molecule has 1 heterocycles. The van der Waals surface area contributed by atoms with Crippen LogP contribution in [0.2, 0.25) is 15.1 Å². The zero-order valence-electron chi connectivity index (χ0n) is 20.7. The molecule has 1 aromatic heterocycles. The van der Waals surface area contributed by atoms with Crippen LogP contribution in [0.1, 0.15) is 41.6 Å². The summed E-state index contributed by atoms with van der Waals surface area (Å²) >= 11 is 19.1. The lowest BCUT2D eigenvalue weighted by atomic mass is 10.0. The Kier molecular flexibility index (Phi) is 10.3. The van der Waals surface area contributed by atoms with E-state index in [1.165, 1.54) is 12.1 Å². The third-order valence-corrected chi connectivity index (χ3v) is 7.21. The summed E-state index contributed by atoms with van der Waals surface area (Å²) in [5.74, 6) is -0.915. The molecule has 0 saturated carbocycles. The largest absolute Gasteiger partial charge is 0.416 e. The number of alkyl halides is 3. The van der Waals surface area contributed by atoms with Gasteiger partial charge in [-0.1, -0.05) is 66.5 Å². The van der Waals surface area contributed by atoms with Crippen LogP contribution < -0.4 is 10.6 Å². The predicted octanol–water partition coefficient (Wildman–Crippen LogP) is 7.30. The molecule has 7 nitrogen and oxygen atoms in total. The van der Waals surface area contributed by atoms with Gasteiger partial charge in [-0.05, 0) is 42.3 Å². The molecule has 3 aromatic rings. The highest BCUT2D eigenvalue weighted by atomic mass is 35.5. The number of amides is 2. The number of hydrogen-bond acceptors (Lipinski definition) is 5. The number of rotatable bonds is 10. The standard InChI is InChI=1S/C25H23Cl3F3N5O2S/c1-4-9-36-22(21(13(2)3)33-23(38)16-7-6-15(26)11-18(16)28)34-35-24(36)39-12-20(37)32-19-10-14(25(29,30)31)5-8-17(19)27/h4-8,10-11,13,21H,1,9,12H2,2-3H3,(H,32,37)(H,33,38)/t21-/m0/s1. The van der Waals surface area contributed by atoms with E-state index in [2.05, 4.69) is 27.4 Å². The molecule has 2 N–H and O–H groups in total. The minimum absolute atomic E-state index is 0.0326. The van der Waals surface area contributed by atoms with Crippen LogP contribution in [0.25, 0.3) is 0 Å². The number of allylic oxidation sites excluding steroid dienone is 1. The lowest BCUT2D eigenvalue weighted by Crippen LogP contribution is -2.34. The van der Waals surface area contributed by atoms with E-state index in [1.807, 2.05) is 13.8 Å². The highest BCUT2D eigenvalue weighted by molar-refractivity contribution is 7.99. The van der Waals surface area contributed by atoms with E-state index in [0.717, 1.165) is 30.0 Å². The number of aromatic nitrogens is 3. The number of benzene rings is 2. The molecular weight excluding hydrogens is 598 g/mol. The van der Waals surface area contributed by atoms with Crippen LogP contribution in [-0.4, -0.2) is 32.3 Å². The van der Waals surface area contributed by atoms with Crippen LogP contribution in [0.3, 0.4) is 0 Å². The summed E-state index contributed by atoms with van der Waals surface area (Å²) in [7, 11) is 0. The number of nitrogens with one attached hydrogen (secondary N) is 2. The third-order valence-electron chi connectivity index (χ3n) is 5.36. The summed E-state index contributed by atoms with van der Waals surface area (Å²) in [6.45, 7) is 7.80. The molecule has 0 unspecified atom stereocenters. The molecule has 2 aromatic carbocycles. The molecule has 0 radical (unpaired) electrons. The number of carbonyl (C=O) groups is 2. The van der Waals surface area contributed by atoms with Crippen LogP contribution >= 0.6 is 46.6 Å². The number of carbonyl (C=O) groups excluding carboxylic acids is 2. The number of halogens is 6. The van der Waals surface area contributed by atoms with Gasteiger partial charge in [-0.2, -0.15) is 13.2 Å². The van der Waals surface area contributed by atoms with Gasteiger partial charge in [0.05, 0.1) is 38.7 Å². The van der Waals surface area contributed by atoms with Crippen molar-refractivity contribution in [2.24, 2.45) is 5.92 Å². The Bertz CT molecular complexity index is 1380. The Morgan fingerprint density at radius 3 is 2.44 bits per heavy atom. The first-order valence-corrected chi connectivity index (χ1v) is 13.5. The van der Waals surface area contributed by atoms with Gasteiger partial charge in [-0.25, -0.2) is 0 Å². The van der Waals surface area contributed by atoms with E-state index in [9.17, 15) is 22.8 Å². The molecule has 0 aliphatic rings. The molecule has 14 heteroatoms. The van der Waals surface area contributed by atoms with Crippen molar-refractivity contribution in [2.45, 2.75) is 37.8 Å². The van der Waals surface area contributed by atoms with Crippen LogP contribution in [-0.2, 0) is 17.5 Å². The van der Waals surface area contributed by atoms with E-state index >= 15 is 0 Å². The monoisotopic (exact) mass is 619 g/mol. The van der Waals surface area contributed by atoms with Gasteiger partial charge >= 0.3 is 6.18 Å². The van der Waals surface area contributed by atoms with Crippen molar-refractivity contribution in [1.82, 2.24) is 20.1 Å². The number of anilines is 1. The zero-order chi connectivity index (χ0) is 28.9. The molecule has 0 spiro atoms. The molecule has 0 aliphatic carbocycles. The Balaban J connectivity index is 1.78. The Morgan fingerprint density at radius 2 is 1.82 bits per heavy atom. The second kappa shape index (κ2) is 13.1. The summed E-state index contributed by atoms with van der Waals surface area (Å²) in [4.78, 5) is 25.5. The maximum absolute atomic E-state index is 13.0. The normalized spacial score (nSPS) is 12.3. The summed E-state index contributed by atoms with van der Waals surface area (Å²) in [6, 6.07) is 6.63. The maximum Gasteiger partial charge on any atom is 0.416 e. The molecular formula is C25H23Cl3F3N5O2S. The fourth-order valence-corrected chi connectivity index (χ4v) is 4.89. The first-order valence-electron chi connectivity index (χ1n) is 11.4. The van der Waals surface area contributed by atoms with Crippen LogP contribution in [0.4, 0.5) is 18.9 Å². The van der Waals surface area contributed by atoms with E-state index in [0.29, 0.717) is 16.0 Å². The third kappa shape index (κ3) is 7.91. The molecule has 208 valence electrons. The molecule has 1 atom stereocenters. The molecule has 0 fully saturated rings. The van der Waals surface area contributed by atoms with E-state index in [-0.39, 0.29) is 39.5 Å². The highest BCUT2D eigenvalue weighted by Gasteiger charge is 2.31. The van der Waals surface area contributed by atoms with Gasteiger partial charge in [0.1, 0.15) is 0 Å². The SMILES string of the molecule is C=CCn1c(SCC(=O)Nc2cc(C(F)(F)F)ccc2Cl)nnc1[C@@H](NC(=O)c1ccc(Cl)cc1Cl)C(C)C. The summed E-state index contributed by atoms with van der Waals surface area (Å²) < 4.78 is 40.8. The fourth-order valence-electron chi connectivity index (χ4n) is 3.47. The van der Waals surface area contributed by atoms with Crippen molar-refractivity contribution in [3.05, 3.63) is 81.1 Å². The Hall–Kier alpha value is -2.73. The first-order chi connectivity index (χ1) is 18.3. The van der Waals surface area contributed by atoms with E-state index in [4.69, 9.17) is 34.8 Å². The van der Waals surface area contributed by atoms with Gasteiger partial charge < -0.3 is 15.2 Å². The minimum atomic E-state index is -4.59. The van der Waals surface area contributed by atoms with Gasteiger partial charge in [-0.15, -0.1) is 16.8 Å². The van der Waals surface area contributed by atoms with Gasteiger partial charge in [0.2, 0.25) is 5.91 Å². The van der Waals surface area contributed by atoms with Crippen LogP contribution in [0, 0.1) is 5.92 Å². The van der Waals surface area contributed by atoms with Gasteiger partial charge in [0, 0.05) is 11.6 Å². The smallest absolute Gasteiger partial charge is 0.342 e. The minimum Gasteiger partial charge on any atom is -0.342 e. The summed E-state index contributed by atoms with van der Waals surface area (Å²) in [5.41, 5.74) is -0.860. The number of hydrogen-bond donors (Lipinski definition) is 2. The van der Waals surface area contributed by atoms with Crippen LogP contribution in [0.5, 0.6) is 0 Å². The lowest BCUT2D eigenvalue weighted by molar-refractivity contribution is -0.137. The average Bonchev–Trinajstić information content (AvgIpc) is 3.23. The number of nitrogens with zero attached hydrogens (tertiary/aromatic N) is 3. The first kappa shape index (κ1) is 30.8. The van der Waals surface area contributed by atoms with Crippen molar-refractivity contribution >= 4 is 64.1 Å². The second-order valence-corrected chi connectivity index (χ2v) is 10.8. The van der Waals surface area contributed by atoms with Crippen molar-refractivity contribution in [3.8, 4) is 0 Å². The number of thioether (sulfide) groups is 1. The lowest BCUT2D eigenvalue weighted by Gasteiger charge is -2.23. The Morgan fingerprint density at radius 1 is 1.10 bits per heavy atom. The highest BCUT2D eigenvalue weighted by Crippen LogP contribution is 2.34. The van der Waals surface area contributed by atoms with Gasteiger partial charge in [-0.3, -0.25) is 9.59 Å². The maximum atomic E-state index is 13.0. The molecule has 0 aliphatic heterocycles. The van der Waals surface area contributed by atoms with Gasteiger partial charge in [0.15, 0.2) is 11.0 Å². The average molecular weight is 621 g/mol. The molecule has 0 saturated heterocycles. The Labute approximate surface area is 242 Å². The van der Waals surface area contributed by atoms with Crippen molar-refractivity contribution in [2.75, 3.05) is 11.1 Å². The van der Waals surface area contributed by atoms with Crippen molar-refractivity contribution < 1.29 is 22.8 Å². The van der Waals surface area contributed by atoms with E-state index < -0.39 is 29.6 Å². The molecule has 39 heavy (non-hydrogen) atoms. The predicted molar refractivity (Wildman–Crippen MR) is 148 cm³/mol. The molecule has 2 amide bonds. The quantitative estimate of drug-likeness (QED) is 0.183. The fraction of sp³-hybridized carbons (Fsp3) is 0.280. The van der Waals surface area contributed by atoms with Crippen molar-refractivity contribution in [3.63, 3.8) is 0 Å². The molecule has 3 rings (SSSR count). The topological polar surface area (TPSA) is 88.9 Å².